The molecule has 0 saturated heterocycles. The molecule has 1 saturated carbocycles. The topological polar surface area (TPSA) is 9.23 Å². The van der Waals surface area contributed by atoms with Crippen LogP contribution in [0.3, 0.4) is 0 Å². The highest BCUT2D eigenvalue weighted by molar-refractivity contribution is 7.60. The normalized spacial score (nSPS) is 20.6. The van der Waals surface area contributed by atoms with Crippen molar-refractivity contribution in [1.82, 2.24) is 0 Å². The Bertz CT molecular complexity index is 345. The molecule has 1 aromatic carbocycles. The lowest BCUT2D eigenvalue weighted by Crippen LogP contribution is -2.42. The van der Waals surface area contributed by atoms with Crippen LogP contribution in [0.4, 0.5) is 0 Å². The second kappa shape index (κ2) is 6.63. The van der Waals surface area contributed by atoms with Crippen molar-refractivity contribution in [3.63, 3.8) is 0 Å². The molecule has 2 rings (SSSR count). The minimum absolute atomic E-state index is 0.392. The fourth-order valence-corrected chi connectivity index (χ4v) is 3.50. The van der Waals surface area contributed by atoms with Gasteiger partial charge in [0.05, 0.1) is 0 Å². The standard InChI is InChI=1S/C16H24OS/c1-2-17-16(18,15-11-7-4-8-12-15)13-14-9-5-3-6-10-14/h3,5-6,9-10,15,18H,2,4,7-8,11-13H2,1H3/p-1. The maximum Gasteiger partial charge on any atom is 0.0418 e. The van der Waals surface area contributed by atoms with E-state index >= 15 is 0 Å². The minimum Gasteiger partial charge on any atom is -0.757 e. The van der Waals surface area contributed by atoms with Gasteiger partial charge in [-0.3, -0.25) is 0 Å². The molecular weight excluding hydrogens is 240 g/mol. The van der Waals surface area contributed by atoms with Crippen molar-refractivity contribution in [3.8, 4) is 0 Å². The summed E-state index contributed by atoms with van der Waals surface area (Å²) in [5.74, 6) is 0.543. The Morgan fingerprint density at radius 1 is 1.17 bits per heavy atom. The molecule has 0 radical (unpaired) electrons. The first-order valence-corrected chi connectivity index (χ1v) is 7.54. The monoisotopic (exact) mass is 263 g/mol. The Labute approximate surface area is 116 Å². The highest BCUT2D eigenvalue weighted by Gasteiger charge is 2.28. The lowest BCUT2D eigenvalue weighted by atomic mass is 9.82. The summed E-state index contributed by atoms with van der Waals surface area (Å²) >= 11 is 5.88. The molecule has 0 amide bonds. The molecule has 1 nitrogen and oxygen atoms in total. The fraction of sp³-hybridized carbons (Fsp3) is 0.625. The van der Waals surface area contributed by atoms with E-state index in [0.29, 0.717) is 12.5 Å². The van der Waals surface area contributed by atoms with Gasteiger partial charge in [0.1, 0.15) is 0 Å². The third kappa shape index (κ3) is 3.52. The van der Waals surface area contributed by atoms with Crippen LogP contribution in [0.15, 0.2) is 30.3 Å². The van der Waals surface area contributed by atoms with Crippen LogP contribution >= 0.6 is 0 Å². The molecular formula is C16H23OS-. The third-order valence-electron chi connectivity index (χ3n) is 3.91. The van der Waals surface area contributed by atoms with E-state index in [0.717, 1.165) is 6.42 Å². The SMILES string of the molecule is CCOC([S-])(Cc1ccccc1)C1CCCCC1. The smallest absolute Gasteiger partial charge is 0.0418 e. The van der Waals surface area contributed by atoms with Crippen molar-refractivity contribution in [3.05, 3.63) is 35.9 Å². The Balaban J connectivity index is 2.09. The quantitative estimate of drug-likeness (QED) is 0.740. The van der Waals surface area contributed by atoms with Gasteiger partial charge in [0.15, 0.2) is 0 Å². The van der Waals surface area contributed by atoms with Gasteiger partial charge in [-0.1, -0.05) is 49.6 Å². The summed E-state index contributed by atoms with van der Waals surface area (Å²) in [6.07, 6.45) is 7.31. The molecule has 0 aliphatic heterocycles. The third-order valence-corrected chi connectivity index (χ3v) is 4.50. The van der Waals surface area contributed by atoms with Gasteiger partial charge in [0, 0.05) is 6.61 Å². The van der Waals surface area contributed by atoms with Crippen LogP contribution in [0.25, 0.3) is 0 Å². The van der Waals surface area contributed by atoms with E-state index in [-0.39, 0.29) is 0 Å². The zero-order valence-electron chi connectivity index (χ0n) is 11.2. The van der Waals surface area contributed by atoms with Crippen LogP contribution in [0.5, 0.6) is 0 Å². The van der Waals surface area contributed by atoms with E-state index in [1.807, 2.05) is 0 Å². The van der Waals surface area contributed by atoms with Crippen molar-refractivity contribution in [1.29, 1.82) is 0 Å². The van der Waals surface area contributed by atoms with Gasteiger partial charge in [-0.2, -0.15) is 0 Å². The maximum absolute atomic E-state index is 5.99. The molecule has 1 fully saturated rings. The second-order valence-corrected chi connectivity index (χ2v) is 5.93. The van der Waals surface area contributed by atoms with Crippen molar-refractivity contribution < 1.29 is 4.74 Å². The molecule has 0 N–H and O–H groups in total. The summed E-state index contributed by atoms with van der Waals surface area (Å²) in [6.45, 7) is 2.77. The zero-order valence-corrected chi connectivity index (χ0v) is 12.0. The second-order valence-electron chi connectivity index (χ2n) is 5.24. The van der Waals surface area contributed by atoms with E-state index in [4.69, 9.17) is 17.4 Å². The van der Waals surface area contributed by atoms with Gasteiger partial charge < -0.3 is 17.4 Å². The van der Waals surface area contributed by atoms with E-state index in [1.165, 1.54) is 37.7 Å². The van der Waals surface area contributed by atoms with Crippen LogP contribution in [0, 0.1) is 5.92 Å². The summed E-state index contributed by atoms with van der Waals surface area (Å²) in [4.78, 5) is -0.392. The Kier molecular flexibility index (Phi) is 5.13. The first-order chi connectivity index (χ1) is 8.74. The summed E-state index contributed by atoms with van der Waals surface area (Å²) in [5.41, 5.74) is 1.30. The van der Waals surface area contributed by atoms with Gasteiger partial charge in [0.2, 0.25) is 0 Å². The average molecular weight is 263 g/mol. The highest BCUT2D eigenvalue weighted by atomic mass is 32.1. The van der Waals surface area contributed by atoms with Crippen molar-refractivity contribution in [2.75, 3.05) is 6.61 Å². The van der Waals surface area contributed by atoms with Crippen LogP contribution in [-0.4, -0.2) is 11.5 Å². The van der Waals surface area contributed by atoms with Gasteiger partial charge in [-0.15, -0.1) is 0 Å². The molecule has 1 aliphatic carbocycles. The number of benzene rings is 1. The van der Waals surface area contributed by atoms with E-state index in [2.05, 4.69) is 37.3 Å². The fourth-order valence-electron chi connectivity index (χ4n) is 2.98. The van der Waals surface area contributed by atoms with Crippen LogP contribution in [0.1, 0.15) is 44.6 Å². The maximum atomic E-state index is 5.99. The van der Waals surface area contributed by atoms with E-state index < -0.39 is 4.93 Å². The van der Waals surface area contributed by atoms with Gasteiger partial charge in [0.25, 0.3) is 0 Å². The summed E-state index contributed by atoms with van der Waals surface area (Å²) in [5, 5.41) is 0. The van der Waals surface area contributed by atoms with Crippen molar-refractivity contribution in [2.45, 2.75) is 50.4 Å². The number of rotatable bonds is 5. The predicted molar refractivity (Wildman–Crippen MR) is 78.4 cm³/mol. The molecule has 1 atom stereocenters. The largest absolute Gasteiger partial charge is 0.757 e. The van der Waals surface area contributed by atoms with Crippen molar-refractivity contribution >= 4 is 12.6 Å². The van der Waals surface area contributed by atoms with Crippen LogP contribution < -0.4 is 0 Å². The molecule has 1 unspecified atom stereocenters. The van der Waals surface area contributed by atoms with Gasteiger partial charge in [-0.05, 0) is 42.6 Å². The Hall–Kier alpha value is -0.470. The van der Waals surface area contributed by atoms with Gasteiger partial charge >= 0.3 is 0 Å². The molecule has 100 valence electrons. The van der Waals surface area contributed by atoms with E-state index in [9.17, 15) is 0 Å². The molecule has 0 spiro atoms. The number of hydrogen-bond donors (Lipinski definition) is 0. The van der Waals surface area contributed by atoms with E-state index in [1.54, 1.807) is 0 Å². The summed E-state index contributed by atoms with van der Waals surface area (Å²) in [7, 11) is 0. The Morgan fingerprint density at radius 3 is 2.44 bits per heavy atom. The van der Waals surface area contributed by atoms with Gasteiger partial charge in [-0.25, -0.2) is 0 Å². The number of ether oxygens (including phenoxy) is 1. The van der Waals surface area contributed by atoms with Crippen LogP contribution in [-0.2, 0) is 23.8 Å². The minimum atomic E-state index is -0.392. The predicted octanol–water partition coefficient (Wildman–Crippen LogP) is 4.09. The molecule has 18 heavy (non-hydrogen) atoms. The molecule has 2 heteroatoms. The lowest BCUT2D eigenvalue weighted by Gasteiger charge is -2.49. The first kappa shape index (κ1) is 14.0. The first-order valence-electron chi connectivity index (χ1n) is 7.13. The molecule has 0 heterocycles. The zero-order chi connectivity index (χ0) is 12.8. The number of hydrogen-bond acceptors (Lipinski definition) is 2. The summed E-state index contributed by atoms with van der Waals surface area (Å²) < 4.78 is 5.99. The Morgan fingerprint density at radius 2 is 1.83 bits per heavy atom. The summed E-state index contributed by atoms with van der Waals surface area (Å²) in [6, 6.07) is 10.5. The van der Waals surface area contributed by atoms with Crippen molar-refractivity contribution in [2.24, 2.45) is 5.92 Å². The molecule has 0 aromatic heterocycles. The molecule has 1 aromatic rings. The average Bonchev–Trinajstić information content (AvgIpc) is 2.41. The van der Waals surface area contributed by atoms with Crippen LogP contribution in [0.2, 0.25) is 0 Å². The highest BCUT2D eigenvalue weighted by Crippen LogP contribution is 2.36. The lowest BCUT2D eigenvalue weighted by molar-refractivity contribution is -0.0200. The molecule has 1 aliphatic rings. The molecule has 0 bridgehead atoms.